The summed E-state index contributed by atoms with van der Waals surface area (Å²) in [6, 6.07) is 0. The second-order valence-corrected chi connectivity index (χ2v) is 4.90. The smallest absolute Gasteiger partial charge is 0.246 e. The summed E-state index contributed by atoms with van der Waals surface area (Å²) in [7, 11) is 0. The van der Waals surface area contributed by atoms with Crippen molar-refractivity contribution in [2.45, 2.75) is 20.3 Å². The molecule has 3 N–H and O–H groups in total. The van der Waals surface area contributed by atoms with Crippen molar-refractivity contribution < 1.29 is 47.5 Å². The Kier molecular flexibility index (Phi) is 16.9. The molecule has 0 bridgehead atoms. The number of amides is 2. The molecule has 0 aromatic carbocycles. The fraction of sp³-hybridized carbons (Fsp3) is 0.786. The van der Waals surface area contributed by atoms with Gasteiger partial charge in [-0.05, 0) is 0 Å². The summed E-state index contributed by atoms with van der Waals surface area (Å²) in [4.78, 5) is 33.9. The summed E-state index contributed by atoms with van der Waals surface area (Å²) in [5, 5.41) is 13.6. The molecular weight excluding hydrogens is 343 g/mol. The summed E-state index contributed by atoms with van der Waals surface area (Å²) < 4.78 is 9.96. The molecule has 0 aliphatic rings. The summed E-state index contributed by atoms with van der Waals surface area (Å²) in [6.07, 6.45) is 0.149. The number of ether oxygens (including phenoxy) is 2. The van der Waals surface area contributed by atoms with E-state index in [1.807, 2.05) is 0 Å². The fourth-order valence-corrected chi connectivity index (χ4v) is 1.29. The zero-order chi connectivity index (χ0) is 16.8. The van der Waals surface area contributed by atoms with Crippen LogP contribution in [0.3, 0.4) is 0 Å². The van der Waals surface area contributed by atoms with Crippen LogP contribution in [0.2, 0.25) is 0 Å². The Labute approximate surface area is 148 Å². The second kappa shape index (κ2) is 16.0. The maximum absolute atomic E-state index is 11.4. The first kappa shape index (κ1) is 24.3. The van der Waals surface area contributed by atoms with Gasteiger partial charge in [0.2, 0.25) is 11.8 Å². The minimum atomic E-state index is -0.336. The van der Waals surface area contributed by atoms with Crippen LogP contribution in [0.15, 0.2) is 0 Å². The topological polar surface area (TPSA) is 114 Å². The first-order valence-corrected chi connectivity index (χ1v) is 7.29. The molecule has 23 heavy (non-hydrogen) atoms. The van der Waals surface area contributed by atoms with Crippen LogP contribution >= 0.6 is 0 Å². The van der Waals surface area contributed by atoms with E-state index >= 15 is 0 Å². The molecule has 0 aliphatic carbocycles. The fourth-order valence-electron chi connectivity index (χ4n) is 1.29. The summed E-state index contributed by atoms with van der Waals surface area (Å²) >= 11 is 0. The summed E-state index contributed by atoms with van der Waals surface area (Å²) in [6.45, 7) is 4.28. The summed E-state index contributed by atoms with van der Waals surface area (Å²) in [5.41, 5.74) is 0. The zero-order valence-electron chi connectivity index (χ0n) is 13.7. The molecule has 0 rings (SSSR count). The zero-order valence-corrected chi connectivity index (χ0v) is 15.1. The van der Waals surface area contributed by atoms with Crippen molar-refractivity contribution in [3.05, 3.63) is 0 Å². The number of hydrogen-bond donors (Lipinski definition) is 3. The van der Waals surface area contributed by atoms with Gasteiger partial charge in [0.25, 0.3) is 0 Å². The van der Waals surface area contributed by atoms with E-state index < -0.39 is 0 Å². The number of nitrogens with one attached hydrogen (secondary N) is 2. The summed E-state index contributed by atoms with van der Waals surface area (Å²) in [5.74, 6) is -0.579. The van der Waals surface area contributed by atoms with Crippen LogP contribution in [-0.4, -0.2) is 68.8 Å². The Balaban J connectivity index is 0. The van der Waals surface area contributed by atoms with Gasteiger partial charge in [-0.3, -0.25) is 14.4 Å². The van der Waals surface area contributed by atoms with E-state index in [1.165, 1.54) is 0 Å². The van der Waals surface area contributed by atoms with Crippen LogP contribution in [0.1, 0.15) is 20.3 Å². The second-order valence-electron chi connectivity index (χ2n) is 4.90. The number of ketones is 1. The Morgan fingerprint density at radius 1 is 0.957 bits per heavy atom. The number of hydrogen-bond acceptors (Lipinski definition) is 6. The Morgan fingerprint density at radius 2 is 1.57 bits per heavy atom. The Bertz CT molecular complexity index is 352. The molecule has 0 unspecified atom stereocenters. The van der Waals surface area contributed by atoms with Crippen LogP contribution in [0.4, 0.5) is 0 Å². The number of aliphatic hydroxyl groups excluding tert-OH is 1. The average Bonchev–Trinajstić information content (AvgIpc) is 2.46. The molecule has 0 fully saturated rings. The predicted molar refractivity (Wildman–Crippen MR) is 79.2 cm³/mol. The molecule has 0 atom stereocenters. The molecule has 0 saturated heterocycles. The molecule has 2 amide bonds. The monoisotopic (exact) mass is 369 g/mol. The van der Waals surface area contributed by atoms with Gasteiger partial charge in [0.1, 0.15) is 13.2 Å². The van der Waals surface area contributed by atoms with Crippen LogP contribution < -0.4 is 10.6 Å². The van der Waals surface area contributed by atoms with E-state index in [0.717, 1.165) is 0 Å². The molecule has 0 aromatic heterocycles. The predicted octanol–water partition coefficient (Wildman–Crippen LogP) is -1.14. The molecular formula is C14H26N2O6V. The van der Waals surface area contributed by atoms with Gasteiger partial charge in [0.05, 0.1) is 19.8 Å². The molecule has 133 valence electrons. The van der Waals surface area contributed by atoms with Gasteiger partial charge in [-0.25, -0.2) is 0 Å². The van der Waals surface area contributed by atoms with Gasteiger partial charge >= 0.3 is 0 Å². The van der Waals surface area contributed by atoms with Crippen molar-refractivity contribution in [2.75, 3.05) is 46.1 Å². The SMILES string of the molecule is CC(C)C(=O)COCCNC(=O)CCNC(=O)COCCO.[V]. The van der Waals surface area contributed by atoms with Crippen molar-refractivity contribution >= 4 is 17.6 Å². The van der Waals surface area contributed by atoms with E-state index in [9.17, 15) is 14.4 Å². The van der Waals surface area contributed by atoms with E-state index in [2.05, 4.69) is 10.6 Å². The van der Waals surface area contributed by atoms with Gasteiger partial charge in [0, 0.05) is 44.0 Å². The number of carbonyl (C=O) groups is 3. The first-order valence-electron chi connectivity index (χ1n) is 7.29. The van der Waals surface area contributed by atoms with Gasteiger partial charge in [-0.1, -0.05) is 13.8 Å². The molecule has 0 heterocycles. The first-order chi connectivity index (χ1) is 10.5. The number of Topliss-reactive ketones (excluding diaryl/α,β-unsaturated/α-hetero) is 1. The van der Waals surface area contributed by atoms with Gasteiger partial charge in [0.15, 0.2) is 5.78 Å². The average molecular weight is 369 g/mol. The van der Waals surface area contributed by atoms with E-state index in [1.54, 1.807) is 13.8 Å². The van der Waals surface area contributed by atoms with E-state index in [-0.39, 0.29) is 88.1 Å². The van der Waals surface area contributed by atoms with E-state index in [4.69, 9.17) is 14.6 Å². The normalized spacial score (nSPS) is 10.1. The minimum Gasteiger partial charge on any atom is -0.394 e. The molecule has 8 nitrogen and oxygen atoms in total. The maximum atomic E-state index is 11.4. The van der Waals surface area contributed by atoms with Gasteiger partial charge in [-0.2, -0.15) is 0 Å². The van der Waals surface area contributed by atoms with Crippen LogP contribution in [0.5, 0.6) is 0 Å². The Morgan fingerprint density at radius 3 is 2.17 bits per heavy atom. The molecule has 1 radical (unpaired) electrons. The quantitative estimate of drug-likeness (QED) is 0.354. The Hall–Kier alpha value is -0.926. The van der Waals surface area contributed by atoms with Crippen molar-refractivity contribution in [3.8, 4) is 0 Å². The van der Waals surface area contributed by atoms with Gasteiger partial charge < -0.3 is 25.2 Å². The third-order valence-corrected chi connectivity index (χ3v) is 2.60. The molecule has 0 aromatic rings. The minimum absolute atomic E-state index is 0. The molecule has 0 saturated carbocycles. The standard InChI is InChI=1S/C14H26N2O6.V/c1-11(2)12(18)9-21-7-5-16-13(19)3-4-15-14(20)10-22-8-6-17;/h11,17H,3-10H2,1-2H3,(H,15,20)(H,16,19);. The van der Waals surface area contributed by atoms with Crippen molar-refractivity contribution in [1.82, 2.24) is 10.6 Å². The van der Waals surface area contributed by atoms with Crippen LogP contribution in [0.25, 0.3) is 0 Å². The van der Waals surface area contributed by atoms with Crippen molar-refractivity contribution in [1.29, 1.82) is 0 Å². The largest absolute Gasteiger partial charge is 0.394 e. The van der Waals surface area contributed by atoms with E-state index in [0.29, 0.717) is 6.54 Å². The van der Waals surface area contributed by atoms with Crippen LogP contribution in [-0.2, 0) is 42.4 Å². The van der Waals surface area contributed by atoms with Crippen LogP contribution in [0, 0.1) is 5.92 Å². The molecule has 9 heteroatoms. The third-order valence-electron chi connectivity index (χ3n) is 2.60. The van der Waals surface area contributed by atoms with Gasteiger partial charge in [-0.15, -0.1) is 0 Å². The number of carbonyl (C=O) groups excluding carboxylic acids is 3. The molecule has 0 spiro atoms. The van der Waals surface area contributed by atoms with Crippen molar-refractivity contribution in [3.63, 3.8) is 0 Å². The van der Waals surface area contributed by atoms with Crippen molar-refractivity contribution in [2.24, 2.45) is 5.92 Å². The maximum Gasteiger partial charge on any atom is 0.246 e. The number of aliphatic hydroxyl groups is 1. The molecule has 0 aliphatic heterocycles. The third kappa shape index (κ3) is 15.7. The number of rotatable bonds is 13.